The molecule has 1 aliphatic rings. The highest BCUT2D eigenvalue weighted by atomic mass is 16.7. The smallest absolute Gasteiger partial charge is 0.434 e. The lowest BCUT2D eigenvalue weighted by Gasteiger charge is -2.20. The van der Waals surface area contributed by atoms with Gasteiger partial charge in [0.15, 0.2) is 11.6 Å². The van der Waals surface area contributed by atoms with E-state index in [-0.39, 0.29) is 58.8 Å². The van der Waals surface area contributed by atoms with Crippen LogP contribution in [-0.2, 0) is 9.47 Å². The fraction of sp³-hybridized carbons (Fsp3) is 0.333. The number of carbonyl (C=O) groups is 4. The van der Waals surface area contributed by atoms with Crippen molar-refractivity contribution in [3.63, 3.8) is 0 Å². The van der Waals surface area contributed by atoms with Crippen LogP contribution in [0.4, 0.5) is 9.59 Å². The molecule has 0 saturated carbocycles. The normalized spacial score (nSPS) is 12.3. The summed E-state index contributed by atoms with van der Waals surface area (Å²) in [5, 5.41) is 0. The quantitative estimate of drug-likeness (QED) is 0.397. The Labute approximate surface area is 185 Å². The third kappa shape index (κ3) is 5.14. The van der Waals surface area contributed by atoms with Gasteiger partial charge < -0.3 is 18.9 Å². The van der Waals surface area contributed by atoms with Gasteiger partial charge in [-0.05, 0) is 17.9 Å². The summed E-state index contributed by atoms with van der Waals surface area (Å²) in [6.07, 6.45) is -2.03. The number of hydrogen-bond donors (Lipinski definition) is 0. The number of hydrogen-bond acceptors (Lipinski definition) is 8. The summed E-state index contributed by atoms with van der Waals surface area (Å²) in [6.45, 7) is 7.68. The minimum absolute atomic E-state index is 0.0467. The summed E-state index contributed by atoms with van der Waals surface area (Å²) in [5.74, 6) is -1.14. The SMILES string of the molecule is CC(C)COC(=O)Oc1cc(OC(=O)OCC(C)C)c2c(c1)C(=O)c1ccccc1C2=O. The van der Waals surface area contributed by atoms with Gasteiger partial charge in [-0.15, -0.1) is 0 Å². The van der Waals surface area contributed by atoms with E-state index in [4.69, 9.17) is 18.9 Å². The number of carbonyl (C=O) groups excluding carboxylic acids is 4. The summed E-state index contributed by atoms with van der Waals surface area (Å²) < 4.78 is 20.4. The summed E-state index contributed by atoms with van der Waals surface area (Å²) in [4.78, 5) is 50.4. The first-order valence-corrected chi connectivity index (χ1v) is 10.2. The van der Waals surface area contributed by atoms with Crippen LogP contribution >= 0.6 is 0 Å². The Balaban J connectivity index is 1.99. The molecule has 0 N–H and O–H groups in total. The van der Waals surface area contributed by atoms with E-state index in [1.165, 1.54) is 24.3 Å². The average molecular weight is 440 g/mol. The molecule has 8 heteroatoms. The second kappa shape index (κ2) is 9.64. The molecule has 2 aromatic carbocycles. The first-order chi connectivity index (χ1) is 15.2. The van der Waals surface area contributed by atoms with Crippen LogP contribution in [0.2, 0.25) is 0 Å². The Bertz CT molecular complexity index is 1070. The molecule has 0 spiro atoms. The second-order valence-corrected chi connectivity index (χ2v) is 8.16. The van der Waals surface area contributed by atoms with Gasteiger partial charge in [-0.1, -0.05) is 52.0 Å². The molecule has 0 atom stereocenters. The standard InChI is InChI=1S/C24H24O8/c1-13(2)11-29-23(27)31-15-9-18-20(19(10-15)32-24(28)30-12-14(3)4)22(26)17-8-6-5-7-16(17)21(18)25/h5-10,13-14H,11-12H2,1-4H3. The van der Waals surface area contributed by atoms with Crippen LogP contribution in [0.15, 0.2) is 36.4 Å². The molecule has 0 fully saturated rings. The van der Waals surface area contributed by atoms with Crippen molar-refractivity contribution in [2.24, 2.45) is 11.8 Å². The molecule has 0 heterocycles. The van der Waals surface area contributed by atoms with Gasteiger partial charge >= 0.3 is 12.3 Å². The highest BCUT2D eigenvalue weighted by Crippen LogP contribution is 2.37. The van der Waals surface area contributed by atoms with Crippen LogP contribution in [0.25, 0.3) is 0 Å². The van der Waals surface area contributed by atoms with E-state index < -0.39 is 23.9 Å². The Hall–Kier alpha value is -3.68. The fourth-order valence-corrected chi connectivity index (χ4v) is 3.02. The first-order valence-electron chi connectivity index (χ1n) is 10.2. The second-order valence-electron chi connectivity index (χ2n) is 8.16. The lowest BCUT2D eigenvalue weighted by atomic mass is 9.83. The van der Waals surface area contributed by atoms with Crippen LogP contribution < -0.4 is 9.47 Å². The van der Waals surface area contributed by atoms with E-state index in [1.54, 1.807) is 12.1 Å². The van der Waals surface area contributed by atoms with Crippen molar-refractivity contribution in [3.8, 4) is 11.5 Å². The Morgan fingerprint density at radius 1 is 0.750 bits per heavy atom. The monoisotopic (exact) mass is 440 g/mol. The van der Waals surface area contributed by atoms with Crippen LogP contribution in [0.1, 0.15) is 59.5 Å². The largest absolute Gasteiger partial charge is 0.513 e. The van der Waals surface area contributed by atoms with Gasteiger partial charge in [0, 0.05) is 22.8 Å². The molecule has 0 radical (unpaired) electrons. The van der Waals surface area contributed by atoms with Gasteiger partial charge in [0.25, 0.3) is 0 Å². The molecular formula is C24H24O8. The first kappa shape index (κ1) is 23.0. The molecule has 0 bridgehead atoms. The number of ketones is 2. The van der Waals surface area contributed by atoms with Gasteiger partial charge in [0.2, 0.25) is 0 Å². The molecular weight excluding hydrogens is 416 g/mol. The van der Waals surface area contributed by atoms with E-state index in [0.717, 1.165) is 0 Å². The third-order valence-corrected chi connectivity index (χ3v) is 4.43. The molecule has 0 aliphatic heterocycles. The van der Waals surface area contributed by atoms with Crippen molar-refractivity contribution in [2.45, 2.75) is 27.7 Å². The van der Waals surface area contributed by atoms with E-state index in [0.29, 0.717) is 0 Å². The Morgan fingerprint density at radius 3 is 1.84 bits per heavy atom. The lowest BCUT2D eigenvalue weighted by Crippen LogP contribution is -2.24. The van der Waals surface area contributed by atoms with E-state index in [1.807, 2.05) is 27.7 Å². The Kier molecular flexibility index (Phi) is 6.92. The maximum atomic E-state index is 13.1. The molecule has 32 heavy (non-hydrogen) atoms. The zero-order chi connectivity index (χ0) is 23.4. The van der Waals surface area contributed by atoms with Crippen molar-refractivity contribution in [3.05, 3.63) is 58.7 Å². The minimum atomic E-state index is -1.04. The molecule has 0 saturated heterocycles. The number of fused-ring (bicyclic) bond motifs is 2. The highest BCUT2D eigenvalue weighted by molar-refractivity contribution is 6.29. The molecule has 0 aromatic heterocycles. The predicted octanol–water partition coefficient (Wildman–Crippen LogP) is 4.80. The van der Waals surface area contributed by atoms with E-state index in [9.17, 15) is 19.2 Å². The third-order valence-electron chi connectivity index (χ3n) is 4.43. The molecule has 0 unspecified atom stereocenters. The minimum Gasteiger partial charge on any atom is -0.434 e. The van der Waals surface area contributed by atoms with Crippen molar-refractivity contribution < 1.29 is 38.1 Å². The van der Waals surface area contributed by atoms with E-state index in [2.05, 4.69) is 0 Å². The number of ether oxygens (including phenoxy) is 4. The predicted molar refractivity (Wildman–Crippen MR) is 113 cm³/mol. The summed E-state index contributed by atoms with van der Waals surface area (Å²) >= 11 is 0. The van der Waals surface area contributed by atoms with Gasteiger partial charge in [-0.25, -0.2) is 9.59 Å². The zero-order valence-corrected chi connectivity index (χ0v) is 18.3. The van der Waals surface area contributed by atoms with E-state index >= 15 is 0 Å². The Morgan fingerprint density at radius 2 is 1.28 bits per heavy atom. The molecule has 8 nitrogen and oxygen atoms in total. The molecule has 2 aromatic rings. The topological polar surface area (TPSA) is 105 Å². The van der Waals surface area contributed by atoms with Crippen molar-refractivity contribution in [2.75, 3.05) is 13.2 Å². The molecule has 168 valence electrons. The zero-order valence-electron chi connectivity index (χ0n) is 18.3. The summed E-state index contributed by atoms with van der Waals surface area (Å²) in [5.41, 5.74) is 0.251. The van der Waals surface area contributed by atoms with Crippen molar-refractivity contribution in [1.29, 1.82) is 0 Å². The van der Waals surface area contributed by atoms with Crippen LogP contribution in [0.5, 0.6) is 11.5 Å². The average Bonchev–Trinajstić information content (AvgIpc) is 2.74. The van der Waals surface area contributed by atoms with Crippen molar-refractivity contribution >= 4 is 23.9 Å². The summed E-state index contributed by atoms with van der Waals surface area (Å²) in [7, 11) is 0. The van der Waals surface area contributed by atoms with Crippen LogP contribution in [0.3, 0.4) is 0 Å². The highest BCUT2D eigenvalue weighted by Gasteiger charge is 2.34. The van der Waals surface area contributed by atoms with Gasteiger partial charge in [-0.2, -0.15) is 0 Å². The van der Waals surface area contributed by atoms with Gasteiger partial charge in [0.05, 0.1) is 18.8 Å². The van der Waals surface area contributed by atoms with Gasteiger partial charge in [0.1, 0.15) is 11.5 Å². The molecule has 0 amide bonds. The van der Waals surface area contributed by atoms with Crippen LogP contribution in [-0.4, -0.2) is 37.1 Å². The lowest BCUT2D eigenvalue weighted by molar-refractivity contribution is 0.0859. The maximum Gasteiger partial charge on any atom is 0.513 e. The maximum absolute atomic E-state index is 13.1. The van der Waals surface area contributed by atoms with Crippen molar-refractivity contribution in [1.82, 2.24) is 0 Å². The number of benzene rings is 2. The molecule has 3 rings (SSSR count). The number of rotatable bonds is 6. The summed E-state index contributed by atoms with van der Waals surface area (Å²) in [6, 6.07) is 8.76. The molecule has 1 aliphatic carbocycles. The fourth-order valence-electron chi connectivity index (χ4n) is 3.02. The van der Waals surface area contributed by atoms with Crippen LogP contribution in [0, 0.1) is 11.8 Å². The van der Waals surface area contributed by atoms with Gasteiger partial charge in [-0.3, -0.25) is 9.59 Å².